The lowest BCUT2D eigenvalue weighted by molar-refractivity contribution is 0.405. The maximum Gasteiger partial charge on any atom is 0.218 e. The summed E-state index contributed by atoms with van der Waals surface area (Å²) in [5.74, 6) is -0.185. The molecule has 1 fully saturated rings. The summed E-state index contributed by atoms with van der Waals surface area (Å²) in [5, 5.41) is 0. The molecule has 2 aromatic carbocycles. The summed E-state index contributed by atoms with van der Waals surface area (Å²) >= 11 is 0. The van der Waals surface area contributed by atoms with Crippen LogP contribution >= 0.6 is 0 Å². The van der Waals surface area contributed by atoms with E-state index in [0.29, 0.717) is 5.56 Å². The molecule has 0 atom stereocenters. The van der Waals surface area contributed by atoms with Gasteiger partial charge in [-0.2, -0.15) is 4.31 Å². The highest BCUT2D eigenvalue weighted by molar-refractivity contribution is 7.88. The molecule has 1 aliphatic carbocycles. The molecule has 0 unspecified atom stereocenters. The Balaban J connectivity index is 1.58. The third kappa shape index (κ3) is 6.14. The molecule has 2 aromatic rings. The van der Waals surface area contributed by atoms with Gasteiger partial charge in [0.05, 0.1) is 11.5 Å². The van der Waals surface area contributed by atoms with E-state index in [1.165, 1.54) is 4.31 Å². The van der Waals surface area contributed by atoms with Crippen molar-refractivity contribution in [3.8, 4) is 0 Å². The van der Waals surface area contributed by atoms with E-state index >= 15 is 0 Å². The lowest BCUT2D eigenvalue weighted by atomic mass is 10.2. The molecule has 0 aromatic heterocycles. The summed E-state index contributed by atoms with van der Waals surface area (Å²) in [6.45, 7) is 0.216. The smallest absolute Gasteiger partial charge is 0.214 e. The van der Waals surface area contributed by atoms with Gasteiger partial charge >= 0.3 is 0 Å². The van der Waals surface area contributed by atoms with Gasteiger partial charge in [0.1, 0.15) is 0 Å². The molecular weight excluding hydrogens is 384 g/mol. The first-order chi connectivity index (χ1) is 12.9. The van der Waals surface area contributed by atoms with Gasteiger partial charge in [-0.05, 0) is 24.0 Å². The van der Waals surface area contributed by atoms with Crippen LogP contribution in [-0.4, -0.2) is 40.3 Å². The van der Waals surface area contributed by atoms with Gasteiger partial charge < -0.3 is 0 Å². The molecule has 146 valence electrons. The largest absolute Gasteiger partial charge is 0.218 e. The maximum absolute atomic E-state index is 12.8. The number of rotatable bonds is 10. The Morgan fingerprint density at radius 2 is 1.33 bits per heavy atom. The van der Waals surface area contributed by atoms with Crippen LogP contribution in [0.25, 0.3) is 0 Å². The standard InChI is InChI=1S/C19H24N2O4S2/c22-26(23,15-17-7-3-1-4-8-17)20-13-14-21(19-11-12-19)27(24,25)16-18-9-5-2-6-10-18/h1-10,19-20H,11-16H2. The predicted octanol–water partition coefficient (Wildman–Crippen LogP) is 2.10. The van der Waals surface area contributed by atoms with Crippen molar-refractivity contribution in [3.05, 3.63) is 71.8 Å². The van der Waals surface area contributed by atoms with E-state index in [1.807, 2.05) is 24.3 Å². The fraction of sp³-hybridized carbons (Fsp3) is 0.368. The number of hydrogen-bond acceptors (Lipinski definition) is 4. The van der Waals surface area contributed by atoms with Crippen LogP contribution in [0.4, 0.5) is 0 Å². The molecule has 0 aliphatic heterocycles. The number of benzene rings is 2. The van der Waals surface area contributed by atoms with Gasteiger partial charge in [-0.1, -0.05) is 60.7 Å². The van der Waals surface area contributed by atoms with Gasteiger partial charge in [0, 0.05) is 19.1 Å². The Hall–Kier alpha value is -1.74. The Bertz CT molecular complexity index is 942. The van der Waals surface area contributed by atoms with Gasteiger partial charge in [0.25, 0.3) is 0 Å². The summed E-state index contributed by atoms with van der Waals surface area (Å²) < 4.78 is 54.0. The Morgan fingerprint density at radius 3 is 1.85 bits per heavy atom. The van der Waals surface area contributed by atoms with Crippen LogP contribution in [0.15, 0.2) is 60.7 Å². The normalized spacial score (nSPS) is 15.1. The molecule has 6 nitrogen and oxygen atoms in total. The number of nitrogens with one attached hydrogen (secondary N) is 1. The van der Waals surface area contributed by atoms with Crippen LogP contribution in [0.1, 0.15) is 24.0 Å². The van der Waals surface area contributed by atoms with Gasteiger partial charge in [0.15, 0.2) is 0 Å². The summed E-state index contributed by atoms with van der Waals surface area (Å²) in [6, 6.07) is 17.9. The van der Waals surface area contributed by atoms with E-state index < -0.39 is 20.0 Å². The van der Waals surface area contributed by atoms with E-state index in [2.05, 4.69) is 4.72 Å². The first-order valence-electron chi connectivity index (χ1n) is 8.90. The molecule has 0 spiro atoms. The maximum atomic E-state index is 12.8. The Kier molecular flexibility index (Phi) is 6.31. The zero-order chi connectivity index (χ0) is 19.3. The highest BCUT2D eigenvalue weighted by Gasteiger charge is 2.36. The minimum atomic E-state index is -3.51. The van der Waals surface area contributed by atoms with Crippen LogP contribution in [0.5, 0.6) is 0 Å². The van der Waals surface area contributed by atoms with Crippen LogP contribution in [0, 0.1) is 0 Å². The highest BCUT2D eigenvalue weighted by atomic mass is 32.2. The van der Waals surface area contributed by atoms with E-state index in [0.717, 1.165) is 18.4 Å². The van der Waals surface area contributed by atoms with Crippen LogP contribution < -0.4 is 4.72 Å². The lowest BCUT2D eigenvalue weighted by Crippen LogP contribution is -2.40. The van der Waals surface area contributed by atoms with Crippen molar-refractivity contribution in [1.82, 2.24) is 9.03 Å². The Morgan fingerprint density at radius 1 is 0.815 bits per heavy atom. The first-order valence-corrected chi connectivity index (χ1v) is 12.2. The van der Waals surface area contributed by atoms with Crippen molar-refractivity contribution < 1.29 is 16.8 Å². The van der Waals surface area contributed by atoms with Gasteiger partial charge in [0.2, 0.25) is 20.0 Å². The van der Waals surface area contributed by atoms with Gasteiger partial charge in [-0.25, -0.2) is 21.6 Å². The summed E-state index contributed by atoms with van der Waals surface area (Å²) in [6.07, 6.45) is 1.65. The second-order valence-corrected chi connectivity index (χ2v) is 10.5. The molecule has 0 radical (unpaired) electrons. The third-order valence-corrected chi connectivity index (χ3v) is 7.61. The number of hydrogen-bond donors (Lipinski definition) is 1. The first kappa shape index (κ1) is 20.0. The van der Waals surface area contributed by atoms with Crippen molar-refractivity contribution in [2.24, 2.45) is 0 Å². The van der Waals surface area contributed by atoms with Crippen molar-refractivity contribution >= 4 is 20.0 Å². The molecule has 0 amide bonds. The minimum Gasteiger partial charge on any atom is -0.214 e. The Labute approximate surface area is 161 Å². The third-order valence-electron chi connectivity index (χ3n) is 4.36. The number of sulfonamides is 2. The predicted molar refractivity (Wildman–Crippen MR) is 106 cm³/mol. The quantitative estimate of drug-likeness (QED) is 0.653. The average Bonchev–Trinajstić information content (AvgIpc) is 3.44. The van der Waals surface area contributed by atoms with Crippen LogP contribution in [-0.2, 0) is 31.6 Å². The molecule has 1 N–H and O–H groups in total. The van der Waals surface area contributed by atoms with E-state index in [9.17, 15) is 16.8 Å². The summed E-state index contributed by atoms with van der Waals surface area (Å²) in [5.41, 5.74) is 1.42. The lowest BCUT2D eigenvalue weighted by Gasteiger charge is -2.22. The molecule has 27 heavy (non-hydrogen) atoms. The zero-order valence-electron chi connectivity index (χ0n) is 15.0. The molecule has 1 aliphatic rings. The summed E-state index contributed by atoms with van der Waals surface area (Å²) in [4.78, 5) is 0. The molecular formula is C19H24N2O4S2. The topological polar surface area (TPSA) is 83.6 Å². The van der Waals surface area contributed by atoms with Crippen molar-refractivity contribution in [3.63, 3.8) is 0 Å². The van der Waals surface area contributed by atoms with E-state index in [1.54, 1.807) is 36.4 Å². The molecule has 3 rings (SSSR count). The fourth-order valence-corrected chi connectivity index (χ4v) is 5.88. The minimum absolute atomic E-state index is 0.0164. The molecule has 1 saturated carbocycles. The van der Waals surface area contributed by atoms with E-state index in [-0.39, 0.29) is 30.6 Å². The zero-order valence-corrected chi connectivity index (χ0v) is 16.6. The molecule has 0 saturated heterocycles. The van der Waals surface area contributed by atoms with Crippen molar-refractivity contribution in [2.45, 2.75) is 30.4 Å². The second kappa shape index (κ2) is 8.52. The molecule has 8 heteroatoms. The fourth-order valence-electron chi connectivity index (χ4n) is 2.94. The van der Waals surface area contributed by atoms with Gasteiger partial charge in [-0.15, -0.1) is 0 Å². The average molecular weight is 409 g/mol. The van der Waals surface area contributed by atoms with Crippen molar-refractivity contribution in [2.75, 3.05) is 13.1 Å². The van der Waals surface area contributed by atoms with E-state index in [4.69, 9.17) is 0 Å². The van der Waals surface area contributed by atoms with Crippen LogP contribution in [0.2, 0.25) is 0 Å². The molecule has 0 heterocycles. The second-order valence-electron chi connectivity index (χ2n) is 6.72. The van der Waals surface area contributed by atoms with Crippen LogP contribution in [0.3, 0.4) is 0 Å². The van der Waals surface area contributed by atoms with Crippen molar-refractivity contribution in [1.29, 1.82) is 0 Å². The molecule has 0 bridgehead atoms. The number of nitrogens with zero attached hydrogens (tertiary/aromatic N) is 1. The van der Waals surface area contributed by atoms with Gasteiger partial charge in [-0.3, -0.25) is 0 Å². The highest BCUT2D eigenvalue weighted by Crippen LogP contribution is 2.30. The SMILES string of the molecule is O=S(=O)(Cc1ccccc1)NCCN(C1CC1)S(=O)(=O)Cc1ccccc1. The summed E-state index contributed by atoms with van der Waals surface area (Å²) in [7, 11) is -7.00. The monoisotopic (exact) mass is 408 g/mol.